The number of halogens is 1. The highest BCUT2D eigenvalue weighted by atomic mass is 19.1. The minimum absolute atomic E-state index is 0.0217. The average Bonchev–Trinajstić information content (AvgIpc) is 3.17. The molecule has 1 aliphatic rings. The first kappa shape index (κ1) is 14.7. The number of aromatic nitrogens is 2. The first-order valence-corrected chi connectivity index (χ1v) is 7.58. The van der Waals surface area contributed by atoms with Gasteiger partial charge in [-0.15, -0.1) is 10.2 Å². The first-order valence-electron chi connectivity index (χ1n) is 7.58. The molecule has 1 aromatic carbocycles. The average molecular weight is 303 g/mol. The Morgan fingerprint density at radius 2 is 1.95 bits per heavy atom. The van der Waals surface area contributed by atoms with Crippen LogP contribution >= 0.6 is 0 Å². The number of nitrogens with one attached hydrogen (secondary N) is 1. The maximum atomic E-state index is 12.9. The monoisotopic (exact) mass is 303 g/mol. The second kappa shape index (κ2) is 6.68. The maximum absolute atomic E-state index is 12.9. The van der Waals surface area contributed by atoms with Gasteiger partial charge in [-0.3, -0.25) is 4.79 Å². The molecule has 0 radical (unpaired) electrons. The molecule has 1 aromatic heterocycles. The van der Waals surface area contributed by atoms with E-state index in [1.54, 1.807) is 12.1 Å². The van der Waals surface area contributed by atoms with Gasteiger partial charge in [-0.1, -0.05) is 12.8 Å². The van der Waals surface area contributed by atoms with Crippen LogP contribution in [0.15, 0.2) is 28.7 Å². The van der Waals surface area contributed by atoms with Crippen LogP contribution in [0.2, 0.25) is 0 Å². The fourth-order valence-corrected chi connectivity index (χ4v) is 2.65. The zero-order chi connectivity index (χ0) is 15.4. The van der Waals surface area contributed by atoms with Crippen molar-refractivity contribution in [2.45, 2.75) is 44.6 Å². The fraction of sp³-hybridized carbons (Fsp3) is 0.438. The Morgan fingerprint density at radius 3 is 2.68 bits per heavy atom. The fourth-order valence-electron chi connectivity index (χ4n) is 2.65. The number of rotatable bonds is 5. The summed E-state index contributed by atoms with van der Waals surface area (Å²) in [6.45, 7) is 0. The molecule has 1 aliphatic carbocycles. The molecule has 0 spiro atoms. The molecule has 0 aliphatic heterocycles. The number of benzene rings is 1. The van der Waals surface area contributed by atoms with Crippen molar-refractivity contribution >= 4 is 5.91 Å². The number of hydrogen-bond donors (Lipinski definition) is 1. The van der Waals surface area contributed by atoms with E-state index in [-0.39, 0.29) is 11.7 Å². The third kappa shape index (κ3) is 3.69. The summed E-state index contributed by atoms with van der Waals surface area (Å²) in [5, 5.41) is 10.9. The van der Waals surface area contributed by atoms with Crippen molar-refractivity contribution in [2.24, 2.45) is 0 Å². The summed E-state index contributed by atoms with van der Waals surface area (Å²) in [5.41, 5.74) is 0.663. The molecule has 1 saturated carbocycles. The van der Waals surface area contributed by atoms with E-state index >= 15 is 0 Å². The largest absolute Gasteiger partial charge is 0.421 e. The first-order chi connectivity index (χ1) is 10.7. The molecular weight excluding hydrogens is 285 g/mol. The SMILES string of the molecule is O=C(CCc1nnc(-c2ccc(F)cc2)o1)NC1CCCC1. The van der Waals surface area contributed by atoms with Gasteiger partial charge in [-0.2, -0.15) is 0 Å². The summed E-state index contributed by atoms with van der Waals surface area (Å²) in [6, 6.07) is 6.17. The lowest BCUT2D eigenvalue weighted by molar-refractivity contribution is -0.121. The van der Waals surface area contributed by atoms with E-state index in [0.717, 1.165) is 12.8 Å². The molecule has 0 unspecified atom stereocenters. The smallest absolute Gasteiger partial charge is 0.247 e. The quantitative estimate of drug-likeness (QED) is 0.922. The van der Waals surface area contributed by atoms with Gasteiger partial charge in [0.15, 0.2) is 0 Å². The molecule has 116 valence electrons. The maximum Gasteiger partial charge on any atom is 0.247 e. The lowest BCUT2D eigenvalue weighted by Gasteiger charge is -2.10. The summed E-state index contributed by atoms with van der Waals surface area (Å²) in [5.74, 6) is 0.465. The molecule has 3 rings (SSSR count). The van der Waals surface area contributed by atoms with Gasteiger partial charge in [0.05, 0.1) is 0 Å². The van der Waals surface area contributed by atoms with Crippen LogP contribution in [0.3, 0.4) is 0 Å². The Kier molecular flexibility index (Phi) is 4.46. The molecule has 1 heterocycles. The Balaban J connectivity index is 1.53. The van der Waals surface area contributed by atoms with E-state index in [9.17, 15) is 9.18 Å². The standard InChI is InChI=1S/C16H18FN3O2/c17-12-7-5-11(6-8-12)16-20-19-15(22-16)10-9-14(21)18-13-3-1-2-4-13/h5-8,13H,1-4,9-10H2,(H,18,21). The molecule has 0 atom stereocenters. The number of carbonyl (C=O) groups is 1. The van der Waals surface area contributed by atoms with Crippen molar-refractivity contribution in [3.63, 3.8) is 0 Å². The Bertz CT molecular complexity index is 633. The predicted octanol–water partition coefficient (Wildman–Crippen LogP) is 2.87. The van der Waals surface area contributed by atoms with Crippen molar-refractivity contribution < 1.29 is 13.6 Å². The molecule has 6 heteroatoms. The Hall–Kier alpha value is -2.24. The zero-order valence-corrected chi connectivity index (χ0v) is 12.2. The van der Waals surface area contributed by atoms with Crippen molar-refractivity contribution in [1.82, 2.24) is 15.5 Å². The van der Waals surface area contributed by atoms with Crippen LogP contribution < -0.4 is 5.32 Å². The van der Waals surface area contributed by atoms with E-state index in [1.807, 2.05) is 0 Å². The van der Waals surface area contributed by atoms with E-state index in [0.29, 0.717) is 36.2 Å². The molecule has 5 nitrogen and oxygen atoms in total. The molecule has 1 N–H and O–H groups in total. The predicted molar refractivity (Wildman–Crippen MR) is 78.4 cm³/mol. The number of hydrogen-bond acceptors (Lipinski definition) is 4. The minimum Gasteiger partial charge on any atom is -0.421 e. The zero-order valence-electron chi connectivity index (χ0n) is 12.2. The summed E-state index contributed by atoms with van der Waals surface area (Å²) < 4.78 is 18.4. The van der Waals surface area contributed by atoms with E-state index in [2.05, 4.69) is 15.5 Å². The number of carbonyl (C=O) groups excluding carboxylic acids is 1. The van der Waals surface area contributed by atoms with Crippen LogP contribution in [0.4, 0.5) is 4.39 Å². The summed E-state index contributed by atoms with van der Waals surface area (Å²) in [6.07, 6.45) is 5.27. The van der Waals surface area contributed by atoms with E-state index in [1.165, 1.54) is 25.0 Å². The van der Waals surface area contributed by atoms with Crippen LogP contribution in [0, 0.1) is 5.82 Å². The van der Waals surface area contributed by atoms with Crippen molar-refractivity contribution in [1.29, 1.82) is 0 Å². The third-order valence-corrected chi connectivity index (χ3v) is 3.84. The van der Waals surface area contributed by atoms with Gasteiger partial charge in [0, 0.05) is 24.4 Å². The van der Waals surface area contributed by atoms with Crippen LogP contribution in [-0.2, 0) is 11.2 Å². The van der Waals surface area contributed by atoms with Crippen LogP contribution in [0.5, 0.6) is 0 Å². The minimum atomic E-state index is -0.313. The van der Waals surface area contributed by atoms with E-state index in [4.69, 9.17) is 4.42 Å². The number of aryl methyl sites for hydroxylation is 1. The highest BCUT2D eigenvalue weighted by Gasteiger charge is 2.17. The summed E-state index contributed by atoms with van der Waals surface area (Å²) in [7, 11) is 0. The van der Waals surface area contributed by atoms with Gasteiger partial charge >= 0.3 is 0 Å². The number of amides is 1. The second-order valence-electron chi connectivity index (χ2n) is 5.56. The van der Waals surface area contributed by atoms with Crippen LogP contribution in [0.1, 0.15) is 38.0 Å². The van der Waals surface area contributed by atoms with Crippen LogP contribution in [0.25, 0.3) is 11.5 Å². The van der Waals surface area contributed by atoms with Crippen LogP contribution in [-0.4, -0.2) is 22.1 Å². The van der Waals surface area contributed by atoms with Crippen molar-refractivity contribution in [3.8, 4) is 11.5 Å². The van der Waals surface area contributed by atoms with Gasteiger partial charge in [0.2, 0.25) is 17.7 Å². The van der Waals surface area contributed by atoms with E-state index < -0.39 is 0 Å². The molecule has 1 amide bonds. The molecule has 0 bridgehead atoms. The molecule has 0 saturated heterocycles. The molecule has 2 aromatic rings. The topological polar surface area (TPSA) is 68.0 Å². The lowest BCUT2D eigenvalue weighted by Crippen LogP contribution is -2.32. The number of nitrogens with zero attached hydrogens (tertiary/aromatic N) is 2. The summed E-state index contributed by atoms with van der Waals surface area (Å²) >= 11 is 0. The molecule has 22 heavy (non-hydrogen) atoms. The Labute approximate surface area is 127 Å². The van der Waals surface area contributed by atoms with Gasteiger partial charge in [0.1, 0.15) is 5.82 Å². The van der Waals surface area contributed by atoms with Crippen molar-refractivity contribution in [3.05, 3.63) is 36.0 Å². The highest BCUT2D eigenvalue weighted by molar-refractivity contribution is 5.76. The van der Waals surface area contributed by atoms with Gasteiger partial charge in [0.25, 0.3) is 0 Å². The molecule has 1 fully saturated rings. The van der Waals surface area contributed by atoms with Gasteiger partial charge in [-0.25, -0.2) is 4.39 Å². The third-order valence-electron chi connectivity index (χ3n) is 3.84. The second-order valence-corrected chi connectivity index (χ2v) is 5.56. The molecular formula is C16H18FN3O2. The lowest BCUT2D eigenvalue weighted by atomic mass is 10.2. The highest BCUT2D eigenvalue weighted by Crippen LogP contribution is 2.19. The van der Waals surface area contributed by atoms with Gasteiger partial charge < -0.3 is 9.73 Å². The Morgan fingerprint density at radius 1 is 1.23 bits per heavy atom. The van der Waals surface area contributed by atoms with Crippen molar-refractivity contribution in [2.75, 3.05) is 0 Å². The van der Waals surface area contributed by atoms with Gasteiger partial charge in [-0.05, 0) is 37.1 Å². The normalized spacial score (nSPS) is 15.1. The summed E-state index contributed by atoms with van der Waals surface area (Å²) in [4.78, 5) is 11.8.